The molecule has 0 bridgehead atoms. The summed E-state index contributed by atoms with van der Waals surface area (Å²) in [4.78, 5) is 20.6. The molecule has 0 unspecified atom stereocenters. The molecule has 1 aliphatic rings. The van der Waals surface area contributed by atoms with Gasteiger partial charge in [0, 0.05) is 44.6 Å². The highest BCUT2D eigenvalue weighted by molar-refractivity contribution is 9.10. The molecule has 0 radical (unpaired) electrons. The molecule has 0 aliphatic carbocycles. The number of halogens is 4. The molecule has 5 nitrogen and oxygen atoms in total. The Morgan fingerprint density at radius 1 is 1.13 bits per heavy atom. The van der Waals surface area contributed by atoms with Crippen molar-refractivity contribution in [2.24, 2.45) is 0 Å². The van der Waals surface area contributed by atoms with Crippen LogP contribution >= 0.6 is 15.9 Å². The van der Waals surface area contributed by atoms with Crippen molar-refractivity contribution >= 4 is 27.5 Å². The fourth-order valence-corrected chi connectivity index (χ4v) is 3.92. The Hall–Kier alpha value is -1.97. The summed E-state index contributed by atoms with van der Waals surface area (Å²) in [5.74, 6) is -0.385. The molecule has 1 aromatic carbocycles. The van der Waals surface area contributed by atoms with Gasteiger partial charge in [0.25, 0.3) is 0 Å². The maximum Gasteiger partial charge on any atom is 0.416 e. The number of piperazine rings is 1. The summed E-state index contributed by atoms with van der Waals surface area (Å²) in [5.41, 5.74) is 0.377. The Balaban J connectivity index is 1.70. The summed E-state index contributed by atoms with van der Waals surface area (Å²) in [6, 6.07) is 7.41. The van der Waals surface area contributed by atoms with Crippen LogP contribution in [0.5, 0.6) is 0 Å². The topological polar surface area (TPSA) is 48.5 Å². The monoisotopic (exact) mass is 484 g/mol. The van der Waals surface area contributed by atoms with E-state index >= 15 is 0 Å². The first-order valence-corrected chi connectivity index (χ1v) is 10.6. The van der Waals surface area contributed by atoms with Crippen LogP contribution in [0.4, 0.5) is 18.9 Å². The molecular weight excluding hydrogens is 461 g/mol. The Morgan fingerprint density at radius 2 is 1.83 bits per heavy atom. The van der Waals surface area contributed by atoms with E-state index in [0.29, 0.717) is 10.2 Å². The van der Waals surface area contributed by atoms with Crippen molar-refractivity contribution in [3.05, 3.63) is 57.8 Å². The number of nitrogens with zero attached hydrogens (tertiary/aromatic N) is 3. The number of alkyl halides is 3. The molecule has 1 aliphatic heterocycles. The van der Waals surface area contributed by atoms with Gasteiger partial charge in [0.05, 0.1) is 12.0 Å². The number of hydrogen-bond acceptors (Lipinski definition) is 4. The first-order valence-electron chi connectivity index (χ1n) is 9.79. The van der Waals surface area contributed by atoms with Gasteiger partial charge < -0.3 is 10.2 Å². The highest BCUT2D eigenvalue weighted by Crippen LogP contribution is 2.34. The maximum atomic E-state index is 13.7. The molecule has 1 amide bonds. The van der Waals surface area contributed by atoms with Crippen molar-refractivity contribution in [1.82, 2.24) is 14.8 Å². The number of amides is 1. The van der Waals surface area contributed by atoms with E-state index in [4.69, 9.17) is 0 Å². The second kappa shape index (κ2) is 9.89. The van der Waals surface area contributed by atoms with Crippen LogP contribution < -0.4 is 5.32 Å². The lowest BCUT2D eigenvalue weighted by molar-refractivity contribution is -0.138. The number of benzene rings is 1. The highest BCUT2D eigenvalue weighted by atomic mass is 79.9. The largest absolute Gasteiger partial charge is 0.416 e. The SMILES string of the molecule is CCN1CCN(Cc2ccc(NC(=O)Cc3ccnc(Br)c3)cc2C(F)(F)F)CC1. The molecule has 2 heterocycles. The molecule has 1 fully saturated rings. The predicted molar refractivity (Wildman–Crippen MR) is 113 cm³/mol. The van der Waals surface area contributed by atoms with Gasteiger partial charge >= 0.3 is 6.18 Å². The molecular formula is C21H24BrF3N4O. The Labute approximate surface area is 182 Å². The van der Waals surface area contributed by atoms with Crippen molar-refractivity contribution < 1.29 is 18.0 Å². The lowest BCUT2D eigenvalue weighted by Gasteiger charge is -2.34. The minimum atomic E-state index is -4.49. The summed E-state index contributed by atoms with van der Waals surface area (Å²) in [6.45, 7) is 6.47. The normalized spacial score (nSPS) is 15.9. The van der Waals surface area contributed by atoms with Crippen LogP contribution in [0, 0.1) is 0 Å². The minimum absolute atomic E-state index is 0.0475. The summed E-state index contributed by atoms with van der Waals surface area (Å²) in [7, 11) is 0. The zero-order chi connectivity index (χ0) is 21.7. The van der Waals surface area contributed by atoms with Gasteiger partial charge in [-0.2, -0.15) is 13.2 Å². The van der Waals surface area contributed by atoms with Gasteiger partial charge in [-0.1, -0.05) is 13.0 Å². The van der Waals surface area contributed by atoms with Crippen LogP contribution in [0.15, 0.2) is 41.1 Å². The number of likely N-dealkylation sites (N-methyl/N-ethyl adjacent to an activating group) is 1. The van der Waals surface area contributed by atoms with Crippen LogP contribution in [0.2, 0.25) is 0 Å². The van der Waals surface area contributed by atoms with Crippen molar-refractivity contribution in [2.75, 3.05) is 38.0 Å². The van der Waals surface area contributed by atoms with Crippen molar-refractivity contribution in [1.29, 1.82) is 0 Å². The van der Waals surface area contributed by atoms with Crippen molar-refractivity contribution in [3.8, 4) is 0 Å². The van der Waals surface area contributed by atoms with Crippen LogP contribution in [0.25, 0.3) is 0 Å². The number of aromatic nitrogens is 1. The molecule has 9 heteroatoms. The third-order valence-electron chi connectivity index (χ3n) is 5.16. The van der Waals surface area contributed by atoms with Gasteiger partial charge in [0.1, 0.15) is 4.60 Å². The Morgan fingerprint density at radius 3 is 2.47 bits per heavy atom. The minimum Gasteiger partial charge on any atom is -0.326 e. The molecule has 2 aromatic rings. The number of carbonyl (C=O) groups is 1. The number of nitrogens with one attached hydrogen (secondary N) is 1. The Kier molecular flexibility index (Phi) is 7.49. The molecule has 162 valence electrons. The van der Waals surface area contributed by atoms with Crippen LogP contribution in [-0.2, 0) is 23.9 Å². The third kappa shape index (κ3) is 6.26. The summed E-state index contributed by atoms with van der Waals surface area (Å²) >= 11 is 3.23. The van der Waals surface area contributed by atoms with E-state index in [0.717, 1.165) is 38.8 Å². The van der Waals surface area contributed by atoms with Gasteiger partial charge in [-0.25, -0.2) is 4.98 Å². The average Bonchev–Trinajstić information content (AvgIpc) is 2.69. The number of carbonyl (C=O) groups excluding carboxylic acids is 1. The maximum absolute atomic E-state index is 13.7. The smallest absolute Gasteiger partial charge is 0.326 e. The van der Waals surface area contributed by atoms with Gasteiger partial charge in [-0.15, -0.1) is 0 Å². The average molecular weight is 485 g/mol. The Bertz CT molecular complexity index is 883. The summed E-state index contributed by atoms with van der Waals surface area (Å²) in [5, 5.41) is 2.57. The number of rotatable bonds is 6. The molecule has 1 aromatic heterocycles. The van der Waals surface area contributed by atoms with Gasteiger partial charge in [-0.3, -0.25) is 9.69 Å². The molecule has 1 saturated heterocycles. The third-order valence-corrected chi connectivity index (χ3v) is 5.59. The molecule has 0 saturated carbocycles. The van der Waals surface area contributed by atoms with Crippen LogP contribution in [0.3, 0.4) is 0 Å². The summed E-state index contributed by atoms with van der Waals surface area (Å²) in [6.07, 6.45) is -2.88. The van der Waals surface area contributed by atoms with Crippen molar-refractivity contribution in [3.63, 3.8) is 0 Å². The van der Waals surface area contributed by atoms with E-state index in [2.05, 4.69) is 38.1 Å². The molecule has 0 spiro atoms. The van der Waals surface area contributed by atoms with Crippen LogP contribution in [0.1, 0.15) is 23.6 Å². The first-order chi connectivity index (χ1) is 14.2. The van der Waals surface area contributed by atoms with E-state index in [9.17, 15) is 18.0 Å². The fraction of sp³-hybridized carbons (Fsp3) is 0.429. The molecule has 30 heavy (non-hydrogen) atoms. The molecule has 3 rings (SSSR count). The zero-order valence-corrected chi connectivity index (χ0v) is 18.3. The van der Waals surface area contributed by atoms with Gasteiger partial charge in [0.2, 0.25) is 5.91 Å². The standard InChI is InChI=1S/C21H24BrF3N4O/c1-2-28-7-9-29(10-8-28)14-16-3-4-17(13-18(16)21(23,24)25)27-20(30)12-15-5-6-26-19(22)11-15/h3-6,11,13H,2,7-10,12,14H2,1H3,(H,27,30). The second-order valence-electron chi connectivity index (χ2n) is 7.29. The van der Waals surface area contributed by atoms with E-state index in [1.165, 1.54) is 12.1 Å². The van der Waals surface area contributed by atoms with E-state index < -0.39 is 11.7 Å². The van der Waals surface area contributed by atoms with Gasteiger partial charge in [0.15, 0.2) is 0 Å². The lowest BCUT2D eigenvalue weighted by atomic mass is 10.0. The fourth-order valence-electron chi connectivity index (χ4n) is 3.50. The van der Waals surface area contributed by atoms with Crippen molar-refractivity contribution in [2.45, 2.75) is 26.1 Å². The van der Waals surface area contributed by atoms with Gasteiger partial charge in [-0.05, 0) is 57.9 Å². The number of hydrogen-bond donors (Lipinski definition) is 1. The number of anilines is 1. The van der Waals surface area contributed by atoms with E-state index in [-0.39, 0.29) is 30.1 Å². The lowest BCUT2D eigenvalue weighted by Crippen LogP contribution is -2.45. The molecule has 0 atom stereocenters. The van der Waals surface area contributed by atoms with Crippen LogP contribution in [-0.4, -0.2) is 53.4 Å². The highest BCUT2D eigenvalue weighted by Gasteiger charge is 2.34. The summed E-state index contributed by atoms with van der Waals surface area (Å²) < 4.78 is 41.6. The molecule has 1 N–H and O–H groups in total. The first kappa shape index (κ1) is 22.7. The predicted octanol–water partition coefficient (Wildman–Crippen LogP) is 4.18. The van der Waals surface area contributed by atoms with E-state index in [1.54, 1.807) is 18.3 Å². The number of pyridine rings is 1. The van der Waals surface area contributed by atoms with E-state index in [1.807, 2.05) is 4.90 Å². The zero-order valence-electron chi connectivity index (χ0n) is 16.7. The quantitative estimate of drug-likeness (QED) is 0.624. The second-order valence-corrected chi connectivity index (χ2v) is 8.10.